The van der Waals surface area contributed by atoms with E-state index in [1.165, 1.54) is 12.1 Å². The van der Waals surface area contributed by atoms with Gasteiger partial charge in [-0.05, 0) is 57.1 Å². The highest BCUT2D eigenvalue weighted by atomic mass is 19.1. The first kappa shape index (κ1) is 15.7. The lowest BCUT2D eigenvalue weighted by Gasteiger charge is -2.38. The molecule has 0 aliphatic carbocycles. The molecular formula is C17H23FN2O. The summed E-state index contributed by atoms with van der Waals surface area (Å²) in [5, 5.41) is 0. The van der Waals surface area contributed by atoms with Crippen LogP contribution in [0.3, 0.4) is 0 Å². The largest absolute Gasteiger partial charge is 0.465 e. The van der Waals surface area contributed by atoms with Crippen LogP contribution in [0.15, 0.2) is 40.8 Å². The summed E-state index contributed by atoms with van der Waals surface area (Å²) in [7, 11) is 2.04. The number of hydrogen-bond acceptors (Lipinski definition) is 3. The summed E-state index contributed by atoms with van der Waals surface area (Å²) in [5.74, 6) is 1.62. The Morgan fingerprint density at radius 1 is 1.19 bits per heavy atom. The summed E-state index contributed by atoms with van der Waals surface area (Å²) in [6.07, 6.45) is 0.764. The molecule has 1 atom stereocenters. The van der Waals surface area contributed by atoms with Crippen molar-refractivity contribution in [2.24, 2.45) is 5.73 Å². The van der Waals surface area contributed by atoms with Crippen LogP contribution < -0.4 is 5.73 Å². The van der Waals surface area contributed by atoms with Crippen molar-refractivity contribution in [2.75, 3.05) is 13.6 Å². The van der Waals surface area contributed by atoms with Gasteiger partial charge in [0.05, 0.1) is 6.54 Å². The molecule has 0 radical (unpaired) electrons. The van der Waals surface area contributed by atoms with E-state index < -0.39 is 0 Å². The molecule has 0 saturated carbocycles. The van der Waals surface area contributed by atoms with E-state index in [1.807, 2.05) is 38.2 Å². The monoisotopic (exact) mass is 290 g/mol. The summed E-state index contributed by atoms with van der Waals surface area (Å²) in [6.45, 7) is 5.26. The molecular weight excluding hydrogens is 267 g/mol. The second kappa shape index (κ2) is 6.41. The van der Waals surface area contributed by atoms with Crippen LogP contribution in [0.4, 0.5) is 4.39 Å². The number of halogens is 1. The van der Waals surface area contributed by atoms with Crippen LogP contribution in [0.25, 0.3) is 0 Å². The number of furan rings is 1. The van der Waals surface area contributed by atoms with Gasteiger partial charge in [-0.15, -0.1) is 0 Å². The van der Waals surface area contributed by atoms with Crippen LogP contribution in [0.1, 0.15) is 24.0 Å². The van der Waals surface area contributed by atoms with Crippen molar-refractivity contribution in [3.05, 3.63) is 59.3 Å². The van der Waals surface area contributed by atoms with Crippen molar-refractivity contribution >= 4 is 0 Å². The minimum Gasteiger partial charge on any atom is -0.465 e. The zero-order valence-electron chi connectivity index (χ0n) is 12.9. The van der Waals surface area contributed by atoms with Gasteiger partial charge in [-0.2, -0.15) is 0 Å². The first-order valence-corrected chi connectivity index (χ1v) is 7.14. The van der Waals surface area contributed by atoms with Crippen molar-refractivity contribution < 1.29 is 8.81 Å². The maximum absolute atomic E-state index is 13.0. The third-order valence-corrected chi connectivity index (χ3v) is 4.05. The van der Waals surface area contributed by atoms with Crippen LogP contribution in [0.2, 0.25) is 0 Å². The number of benzene rings is 1. The molecule has 0 aliphatic heterocycles. The standard InChI is InChI=1S/C17H23FN2O/c1-13-4-9-16(21-13)11-20(3)17(2,12-19)10-14-5-7-15(18)8-6-14/h4-9H,10-12,19H2,1-3H3. The smallest absolute Gasteiger partial charge is 0.123 e. The third kappa shape index (κ3) is 3.93. The van der Waals surface area contributed by atoms with Gasteiger partial charge in [-0.1, -0.05) is 12.1 Å². The molecule has 2 N–H and O–H groups in total. The molecule has 0 bridgehead atoms. The fourth-order valence-corrected chi connectivity index (χ4v) is 2.40. The van der Waals surface area contributed by atoms with Crippen LogP contribution >= 0.6 is 0 Å². The number of likely N-dealkylation sites (N-methyl/N-ethyl adjacent to an activating group) is 1. The van der Waals surface area contributed by atoms with E-state index in [4.69, 9.17) is 10.2 Å². The molecule has 3 nitrogen and oxygen atoms in total. The van der Waals surface area contributed by atoms with E-state index in [1.54, 1.807) is 0 Å². The molecule has 114 valence electrons. The highest BCUT2D eigenvalue weighted by Gasteiger charge is 2.28. The van der Waals surface area contributed by atoms with Gasteiger partial charge in [-0.3, -0.25) is 4.90 Å². The van der Waals surface area contributed by atoms with E-state index in [2.05, 4.69) is 11.8 Å². The molecule has 0 spiro atoms. The van der Waals surface area contributed by atoms with Gasteiger partial charge >= 0.3 is 0 Å². The predicted molar refractivity (Wildman–Crippen MR) is 82.5 cm³/mol. The van der Waals surface area contributed by atoms with Gasteiger partial charge in [-0.25, -0.2) is 4.39 Å². The maximum atomic E-state index is 13.0. The number of hydrogen-bond donors (Lipinski definition) is 1. The first-order valence-electron chi connectivity index (χ1n) is 7.14. The minimum atomic E-state index is -0.215. The van der Waals surface area contributed by atoms with Crippen LogP contribution in [0, 0.1) is 12.7 Å². The molecule has 2 aromatic rings. The summed E-state index contributed by atoms with van der Waals surface area (Å²) >= 11 is 0. The SMILES string of the molecule is Cc1ccc(CN(C)C(C)(CN)Cc2ccc(F)cc2)o1. The Balaban J connectivity index is 2.09. The molecule has 4 heteroatoms. The second-order valence-corrected chi connectivity index (χ2v) is 5.87. The highest BCUT2D eigenvalue weighted by Crippen LogP contribution is 2.22. The Morgan fingerprint density at radius 3 is 2.38 bits per heavy atom. The predicted octanol–water partition coefficient (Wildman–Crippen LogP) is 3.12. The third-order valence-electron chi connectivity index (χ3n) is 4.05. The lowest BCUT2D eigenvalue weighted by molar-refractivity contribution is 0.126. The Morgan fingerprint density at radius 2 is 1.86 bits per heavy atom. The van der Waals surface area contributed by atoms with Gasteiger partial charge < -0.3 is 10.2 Å². The van der Waals surface area contributed by atoms with Crippen molar-refractivity contribution in [1.82, 2.24) is 4.90 Å². The normalized spacial score (nSPS) is 14.4. The molecule has 1 aromatic carbocycles. The molecule has 0 amide bonds. The molecule has 1 heterocycles. The Hall–Kier alpha value is -1.65. The molecule has 0 saturated heterocycles. The van der Waals surface area contributed by atoms with Crippen LogP contribution in [-0.4, -0.2) is 24.0 Å². The molecule has 0 fully saturated rings. The minimum absolute atomic E-state index is 0.210. The summed E-state index contributed by atoms with van der Waals surface area (Å²) in [6, 6.07) is 10.6. The molecule has 0 aliphatic rings. The van der Waals surface area contributed by atoms with Gasteiger partial charge in [0.25, 0.3) is 0 Å². The van der Waals surface area contributed by atoms with Gasteiger partial charge in [0.15, 0.2) is 0 Å². The van der Waals surface area contributed by atoms with E-state index >= 15 is 0 Å². The fraction of sp³-hybridized carbons (Fsp3) is 0.412. The van der Waals surface area contributed by atoms with Crippen molar-refractivity contribution in [3.63, 3.8) is 0 Å². The quantitative estimate of drug-likeness (QED) is 0.889. The zero-order chi connectivity index (χ0) is 15.5. The van der Waals surface area contributed by atoms with Gasteiger partial charge in [0, 0.05) is 12.1 Å². The lowest BCUT2D eigenvalue weighted by Crippen LogP contribution is -2.50. The number of nitrogens with two attached hydrogens (primary N) is 1. The number of aryl methyl sites for hydroxylation is 1. The average molecular weight is 290 g/mol. The number of nitrogens with zero attached hydrogens (tertiary/aromatic N) is 1. The first-order chi connectivity index (χ1) is 9.93. The topological polar surface area (TPSA) is 42.4 Å². The van der Waals surface area contributed by atoms with Gasteiger partial charge in [0.1, 0.15) is 17.3 Å². The average Bonchev–Trinajstić information content (AvgIpc) is 2.86. The summed E-state index contributed by atoms with van der Waals surface area (Å²) in [4.78, 5) is 2.19. The van der Waals surface area contributed by atoms with E-state index in [0.29, 0.717) is 13.1 Å². The van der Waals surface area contributed by atoms with Crippen LogP contribution in [0.5, 0.6) is 0 Å². The second-order valence-electron chi connectivity index (χ2n) is 5.87. The molecule has 2 rings (SSSR count). The van der Waals surface area contributed by atoms with Crippen LogP contribution in [-0.2, 0) is 13.0 Å². The van der Waals surface area contributed by atoms with Gasteiger partial charge in [0.2, 0.25) is 0 Å². The van der Waals surface area contributed by atoms with E-state index in [-0.39, 0.29) is 11.4 Å². The Bertz CT molecular complexity index is 579. The molecule has 1 aromatic heterocycles. The number of rotatable bonds is 6. The zero-order valence-corrected chi connectivity index (χ0v) is 12.9. The molecule has 21 heavy (non-hydrogen) atoms. The van der Waals surface area contributed by atoms with Crippen molar-refractivity contribution in [3.8, 4) is 0 Å². The summed E-state index contributed by atoms with van der Waals surface area (Å²) in [5.41, 5.74) is 6.86. The van der Waals surface area contributed by atoms with E-state index in [0.717, 1.165) is 23.5 Å². The maximum Gasteiger partial charge on any atom is 0.123 e. The summed E-state index contributed by atoms with van der Waals surface area (Å²) < 4.78 is 18.6. The van der Waals surface area contributed by atoms with Crippen molar-refractivity contribution in [2.45, 2.75) is 32.4 Å². The van der Waals surface area contributed by atoms with E-state index in [9.17, 15) is 4.39 Å². The lowest BCUT2D eigenvalue weighted by atomic mass is 9.91. The Kier molecular flexibility index (Phi) is 4.80. The molecule has 1 unspecified atom stereocenters. The highest BCUT2D eigenvalue weighted by molar-refractivity contribution is 5.19. The Labute approximate surface area is 125 Å². The fourth-order valence-electron chi connectivity index (χ4n) is 2.40. The van der Waals surface area contributed by atoms with Crippen molar-refractivity contribution in [1.29, 1.82) is 0 Å².